The van der Waals surface area contributed by atoms with Gasteiger partial charge in [-0.15, -0.1) is 0 Å². The van der Waals surface area contributed by atoms with Gasteiger partial charge in [0.1, 0.15) is 0 Å². The highest BCUT2D eigenvalue weighted by Crippen LogP contribution is 2.35. The van der Waals surface area contributed by atoms with E-state index in [1.54, 1.807) is 0 Å². The zero-order chi connectivity index (χ0) is 23.5. The Bertz CT molecular complexity index is 1160. The minimum atomic E-state index is -0.393. The summed E-state index contributed by atoms with van der Waals surface area (Å²) in [6, 6.07) is 19.9. The Balaban J connectivity index is 1.22. The molecule has 2 saturated heterocycles. The zero-order valence-corrected chi connectivity index (χ0v) is 20.0. The lowest BCUT2D eigenvalue weighted by atomic mass is 9.78. The Kier molecular flexibility index (Phi) is 6.36. The van der Waals surface area contributed by atoms with Crippen molar-refractivity contribution in [3.8, 4) is 0 Å². The number of aromatic nitrogens is 1. The molecule has 5 heteroatoms. The predicted molar refractivity (Wildman–Crippen MR) is 134 cm³/mol. The molecule has 0 aliphatic carbocycles. The molecule has 5 rings (SSSR count). The molecular formula is C29H33N3O2. The van der Waals surface area contributed by atoms with E-state index in [0.717, 1.165) is 56.3 Å². The number of piperidine rings is 2. The van der Waals surface area contributed by atoms with Crippen molar-refractivity contribution in [1.82, 2.24) is 14.8 Å². The first-order valence-electron chi connectivity index (χ1n) is 12.5. The summed E-state index contributed by atoms with van der Waals surface area (Å²) < 4.78 is 0. The van der Waals surface area contributed by atoms with E-state index in [-0.39, 0.29) is 11.8 Å². The first kappa shape index (κ1) is 22.6. The second-order valence-corrected chi connectivity index (χ2v) is 10.2. The van der Waals surface area contributed by atoms with Crippen molar-refractivity contribution in [2.75, 3.05) is 26.2 Å². The summed E-state index contributed by atoms with van der Waals surface area (Å²) >= 11 is 0. The van der Waals surface area contributed by atoms with Crippen molar-refractivity contribution in [2.24, 2.45) is 11.3 Å². The normalized spacial score (nSPS) is 20.3. The van der Waals surface area contributed by atoms with Crippen molar-refractivity contribution in [3.63, 3.8) is 0 Å². The van der Waals surface area contributed by atoms with Gasteiger partial charge in [-0.25, -0.2) is 0 Å². The smallest absolute Gasteiger partial charge is 0.253 e. The largest absolute Gasteiger partial charge is 0.342 e. The van der Waals surface area contributed by atoms with Gasteiger partial charge in [0.25, 0.3) is 5.91 Å². The molecule has 1 aromatic heterocycles. The summed E-state index contributed by atoms with van der Waals surface area (Å²) in [6.07, 6.45) is 6.44. The van der Waals surface area contributed by atoms with Gasteiger partial charge in [-0.2, -0.15) is 0 Å². The van der Waals surface area contributed by atoms with E-state index in [0.29, 0.717) is 19.0 Å². The number of nitrogens with zero attached hydrogens (tertiary/aromatic N) is 3. The maximum atomic E-state index is 13.6. The van der Waals surface area contributed by atoms with Gasteiger partial charge >= 0.3 is 0 Å². The monoisotopic (exact) mass is 455 g/mol. The van der Waals surface area contributed by atoms with Crippen LogP contribution in [0.15, 0.2) is 66.9 Å². The van der Waals surface area contributed by atoms with Crippen LogP contribution in [0.2, 0.25) is 0 Å². The van der Waals surface area contributed by atoms with Crippen LogP contribution in [-0.4, -0.2) is 52.8 Å². The third-order valence-corrected chi connectivity index (χ3v) is 7.72. The summed E-state index contributed by atoms with van der Waals surface area (Å²) in [4.78, 5) is 35.1. The van der Waals surface area contributed by atoms with Gasteiger partial charge < -0.3 is 9.80 Å². The molecule has 5 nitrogen and oxygen atoms in total. The van der Waals surface area contributed by atoms with Crippen LogP contribution in [0.3, 0.4) is 0 Å². The average Bonchev–Trinajstić information content (AvgIpc) is 2.89. The first-order chi connectivity index (χ1) is 16.5. The van der Waals surface area contributed by atoms with E-state index < -0.39 is 5.41 Å². The highest BCUT2D eigenvalue weighted by Gasteiger charge is 2.41. The molecule has 3 heterocycles. The van der Waals surface area contributed by atoms with E-state index in [9.17, 15) is 9.59 Å². The van der Waals surface area contributed by atoms with Crippen LogP contribution in [0, 0.1) is 11.3 Å². The number of benzene rings is 2. The van der Waals surface area contributed by atoms with Gasteiger partial charge in [0.05, 0.1) is 5.52 Å². The molecule has 0 N–H and O–H groups in total. The number of carbonyl (C=O) groups excluding carboxylic acids is 2. The molecule has 34 heavy (non-hydrogen) atoms. The Labute approximate surface area is 201 Å². The summed E-state index contributed by atoms with van der Waals surface area (Å²) in [7, 11) is 0. The van der Waals surface area contributed by atoms with Crippen LogP contribution in [0.5, 0.6) is 0 Å². The van der Waals surface area contributed by atoms with E-state index in [1.165, 1.54) is 10.9 Å². The number of rotatable bonds is 4. The fourth-order valence-electron chi connectivity index (χ4n) is 5.62. The number of amides is 2. The van der Waals surface area contributed by atoms with Gasteiger partial charge in [0.2, 0.25) is 5.91 Å². The molecule has 176 valence electrons. The molecule has 0 spiro atoms. The van der Waals surface area contributed by atoms with Gasteiger partial charge in [-0.3, -0.25) is 14.6 Å². The molecule has 2 aliphatic rings. The highest BCUT2D eigenvalue weighted by molar-refractivity contribution is 5.94. The van der Waals surface area contributed by atoms with Crippen molar-refractivity contribution in [1.29, 1.82) is 0 Å². The minimum Gasteiger partial charge on any atom is -0.342 e. The van der Waals surface area contributed by atoms with Gasteiger partial charge in [-0.1, -0.05) is 49.4 Å². The molecule has 0 radical (unpaired) electrons. The molecule has 1 unspecified atom stereocenters. The van der Waals surface area contributed by atoms with Gasteiger partial charge in [-0.05, 0) is 61.8 Å². The van der Waals surface area contributed by atoms with Crippen LogP contribution in [-0.2, 0) is 11.2 Å². The number of hydrogen-bond donors (Lipinski definition) is 0. The lowest BCUT2D eigenvalue weighted by Crippen LogP contribution is -2.52. The van der Waals surface area contributed by atoms with Gasteiger partial charge in [0, 0.05) is 48.7 Å². The van der Waals surface area contributed by atoms with Crippen LogP contribution < -0.4 is 0 Å². The topological polar surface area (TPSA) is 53.5 Å². The van der Waals surface area contributed by atoms with Crippen molar-refractivity contribution in [3.05, 3.63) is 78.0 Å². The quantitative estimate of drug-likeness (QED) is 0.559. The molecular weight excluding hydrogens is 422 g/mol. The lowest BCUT2D eigenvalue weighted by molar-refractivity contribution is -0.145. The zero-order valence-electron chi connectivity index (χ0n) is 20.0. The van der Waals surface area contributed by atoms with E-state index in [2.05, 4.69) is 41.1 Å². The Hall–Kier alpha value is -3.21. The van der Waals surface area contributed by atoms with Crippen molar-refractivity contribution < 1.29 is 9.59 Å². The van der Waals surface area contributed by atoms with E-state index >= 15 is 0 Å². The average molecular weight is 456 g/mol. The third-order valence-electron chi connectivity index (χ3n) is 7.72. The minimum absolute atomic E-state index is 0.0665. The number of carbonyl (C=O) groups is 2. The van der Waals surface area contributed by atoms with E-state index in [4.69, 9.17) is 0 Å². The highest BCUT2D eigenvalue weighted by atomic mass is 16.2. The first-order valence-corrected chi connectivity index (χ1v) is 12.5. The van der Waals surface area contributed by atoms with Crippen LogP contribution in [0.1, 0.15) is 48.5 Å². The van der Waals surface area contributed by atoms with Gasteiger partial charge in [0.15, 0.2) is 0 Å². The predicted octanol–water partition coefficient (Wildman–Crippen LogP) is 4.96. The Morgan fingerprint density at radius 2 is 1.71 bits per heavy atom. The van der Waals surface area contributed by atoms with Crippen LogP contribution in [0.25, 0.3) is 10.9 Å². The fourth-order valence-corrected chi connectivity index (χ4v) is 5.62. The van der Waals surface area contributed by atoms with Crippen molar-refractivity contribution in [2.45, 2.75) is 39.0 Å². The lowest BCUT2D eigenvalue weighted by Gasteiger charge is -2.43. The number of likely N-dealkylation sites (tertiary alicyclic amines) is 2. The summed E-state index contributed by atoms with van der Waals surface area (Å²) in [5.74, 6) is 0.783. The second kappa shape index (κ2) is 9.57. The van der Waals surface area contributed by atoms with Crippen molar-refractivity contribution >= 4 is 22.7 Å². The molecule has 2 fully saturated rings. The standard InChI is InChI=1S/C29H33N3O2/c1-29(14-18-31(19-15-29)27(33)24-9-3-2-4-10-24)28(34)32-17-7-8-22(21-32)20-25-12-5-11-23-13-6-16-30-26(23)25/h2-6,9-13,16,22H,7-8,14-15,17-21H2,1H3. The third kappa shape index (κ3) is 4.56. The number of fused-ring (bicyclic) bond motifs is 1. The second-order valence-electron chi connectivity index (χ2n) is 10.2. The molecule has 3 aromatic rings. The summed E-state index contributed by atoms with van der Waals surface area (Å²) in [5, 5.41) is 1.17. The maximum Gasteiger partial charge on any atom is 0.253 e. The van der Waals surface area contributed by atoms with E-state index in [1.807, 2.05) is 47.5 Å². The molecule has 0 bridgehead atoms. The number of para-hydroxylation sites is 1. The summed E-state index contributed by atoms with van der Waals surface area (Å²) in [6.45, 7) is 5.01. The van der Waals surface area contributed by atoms with Crippen LogP contribution in [0.4, 0.5) is 0 Å². The molecule has 1 atom stereocenters. The maximum absolute atomic E-state index is 13.6. The fraction of sp³-hybridized carbons (Fsp3) is 0.414. The Morgan fingerprint density at radius 3 is 2.50 bits per heavy atom. The molecule has 2 aromatic carbocycles. The number of pyridine rings is 1. The number of hydrogen-bond acceptors (Lipinski definition) is 3. The molecule has 0 saturated carbocycles. The Morgan fingerprint density at radius 1 is 0.941 bits per heavy atom. The molecule has 2 aliphatic heterocycles. The summed E-state index contributed by atoms with van der Waals surface area (Å²) in [5.41, 5.74) is 2.68. The SMILES string of the molecule is CC1(C(=O)N2CCCC(Cc3cccc4cccnc34)C2)CCN(C(=O)c2ccccc2)CC1. The molecule has 2 amide bonds. The van der Waals surface area contributed by atoms with Crippen LogP contribution >= 0.6 is 0 Å².